The van der Waals surface area contributed by atoms with E-state index in [1.54, 1.807) is 0 Å². The number of hydrogen-bond donors (Lipinski definition) is 1. The molecule has 1 amide bonds. The van der Waals surface area contributed by atoms with Gasteiger partial charge in [-0.05, 0) is 55.9 Å². The number of carbonyl (C=O) groups is 1. The van der Waals surface area contributed by atoms with Gasteiger partial charge < -0.3 is 10.0 Å². The first-order valence-corrected chi connectivity index (χ1v) is 11.6. The number of hydrogen-bond acceptors (Lipinski definition) is 5. The highest BCUT2D eigenvalue weighted by molar-refractivity contribution is 7.91. The van der Waals surface area contributed by atoms with Crippen LogP contribution in [0.4, 0.5) is 4.79 Å². The molecule has 7 nitrogen and oxygen atoms in total. The van der Waals surface area contributed by atoms with E-state index in [1.807, 2.05) is 0 Å². The third-order valence-electron chi connectivity index (χ3n) is 4.52. The van der Waals surface area contributed by atoms with Gasteiger partial charge in [0.1, 0.15) is 0 Å². The van der Waals surface area contributed by atoms with Crippen LogP contribution in [-0.4, -0.2) is 58.0 Å². The quantitative estimate of drug-likeness (QED) is 0.797. The molecule has 1 heterocycles. The fraction of sp³-hybridized carbons (Fsp3) is 0.562. The van der Waals surface area contributed by atoms with Crippen molar-refractivity contribution in [3.8, 4) is 0 Å². The van der Waals surface area contributed by atoms with Gasteiger partial charge in [0.05, 0.1) is 15.5 Å². The lowest BCUT2D eigenvalue weighted by Crippen LogP contribution is -2.37. The molecule has 0 bridgehead atoms. The van der Waals surface area contributed by atoms with Crippen molar-refractivity contribution in [1.29, 1.82) is 0 Å². The number of amides is 1. The minimum atomic E-state index is -3.45. The van der Waals surface area contributed by atoms with E-state index >= 15 is 0 Å². The monoisotopic (exact) mass is 389 g/mol. The molecule has 25 heavy (non-hydrogen) atoms. The summed E-state index contributed by atoms with van der Waals surface area (Å²) >= 11 is 0. The number of benzene rings is 1. The number of sulfone groups is 2. The van der Waals surface area contributed by atoms with E-state index in [1.165, 1.54) is 29.2 Å². The SMILES string of the molecule is CS(=O)(=O)c1ccc(S(=O)(=O)CCCC2CCN(C(=O)O)CC2)cc1. The minimum Gasteiger partial charge on any atom is -0.465 e. The van der Waals surface area contributed by atoms with Crippen LogP contribution in [0, 0.1) is 5.92 Å². The van der Waals surface area contributed by atoms with E-state index in [9.17, 15) is 21.6 Å². The molecular formula is C16H23NO6S2. The third-order valence-corrected chi connectivity index (χ3v) is 7.47. The van der Waals surface area contributed by atoms with Gasteiger partial charge in [0.25, 0.3) is 0 Å². The lowest BCUT2D eigenvalue weighted by molar-refractivity contribution is 0.123. The molecule has 9 heteroatoms. The van der Waals surface area contributed by atoms with Crippen molar-refractivity contribution in [2.75, 3.05) is 25.1 Å². The lowest BCUT2D eigenvalue weighted by Gasteiger charge is -2.29. The van der Waals surface area contributed by atoms with Crippen LogP contribution in [0.2, 0.25) is 0 Å². The molecule has 1 aromatic carbocycles. The summed E-state index contributed by atoms with van der Waals surface area (Å²) in [7, 11) is -6.79. The molecule has 0 spiro atoms. The van der Waals surface area contributed by atoms with Crippen LogP contribution >= 0.6 is 0 Å². The van der Waals surface area contributed by atoms with Gasteiger partial charge in [-0.15, -0.1) is 0 Å². The predicted molar refractivity (Wildman–Crippen MR) is 93.2 cm³/mol. The van der Waals surface area contributed by atoms with Gasteiger partial charge in [-0.25, -0.2) is 21.6 Å². The van der Waals surface area contributed by atoms with Crippen LogP contribution in [0.25, 0.3) is 0 Å². The van der Waals surface area contributed by atoms with Crippen LogP contribution in [0.15, 0.2) is 34.1 Å². The number of piperidine rings is 1. The molecule has 0 radical (unpaired) electrons. The predicted octanol–water partition coefficient (Wildman–Crippen LogP) is 2.03. The Bertz CT molecular complexity index is 807. The standard InChI is InChI=1S/C16H23NO6S2/c1-24(20,21)14-4-6-15(7-5-14)25(22,23)12-2-3-13-8-10-17(11-9-13)16(18)19/h4-7,13H,2-3,8-12H2,1H3,(H,18,19). The van der Waals surface area contributed by atoms with Gasteiger partial charge in [0, 0.05) is 19.3 Å². The molecule has 0 aromatic heterocycles. The molecule has 2 rings (SSSR count). The van der Waals surface area contributed by atoms with Crippen molar-refractivity contribution in [3.63, 3.8) is 0 Å². The van der Waals surface area contributed by atoms with Crippen LogP contribution < -0.4 is 0 Å². The zero-order valence-corrected chi connectivity index (χ0v) is 15.7. The summed E-state index contributed by atoms with van der Waals surface area (Å²) in [6.07, 6.45) is 2.94. The maximum atomic E-state index is 12.3. The topological polar surface area (TPSA) is 109 Å². The Kier molecular flexibility index (Phi) is 6.10. The highest BCUT2D eigenvalue weighted by atomic mass is 32.2. The van der Waals surface area contributed by atoms with Gasteiger partial charge in [-0.1, -0.05) is 0 Å². The molecule has 0 atom stereocenters. The largest absolute Gasteiger partial charge is 0.465 e. The van der Waals surface area contributed by atoms with Crippen LogP contribution in [0.3, 0.4) is 0 Å². The molecule has 0 aliphatic carbocycles. The first kappa shape index (κ1) is 19.7. The molecule has 1 aliphatic heterocycles. The molecule has 1 saturated heterocycles. The molecule has 1 fully saturated rings. The summed E-state index contributed by atoms with van der Waals surface area (Å²) in [5, 5.41) is 8.91. The van der Waals surface area contributed by atoms with E-state index in [0.717, 1.165) is 25.5 Å². The summed E-state index contributed by atoms with van der Waals surface area (Å²) in [6.45, 7) is 0.999. The Labute approximate surface area is 148 Å². The zero-order chi connectivity index (χ0) is 18.7. The number of carboxylic acid groups (broad SMARTS) is 1. The summed E-state index contributed by atoms with van der Waals surface area (Å²) in [4.78, 5) is 12.5. The van der Waals surface area contributed by atoms with Gasteiger partial charge in [0.2, 0.25) is 0 Å². The Morgan fingerprint density at radius 1 is 1.08 bits per heavy atom. The average molecular weight is 389 g/mol. The van der Waals surface area contributed by atoms with Crippen LogP contribution in [-0.2, 0) is 19.7 Å². The normalized spacial score (nSPS) is 16.8. The first-order chi connectivity index (χ1) is 11.6. The molecule has 0 saturated carbocycles. The fourth-order valence-corrected chi connectivity index (χ4v) is 4.95. The Morgan fingerprint density at radius 2 is 1.60 bits per heavy atom. The van der Waals surface area contributed by atoms with E-state index < -0.39 is 25.8 Å². The minimum absolute atomic E-state index is 0.00433. The van der Waals surface area contributed by atoms with Crippen LogP contribution in [0.1, 0.15) is 25.7 Å². The maximum absolute atomic E-state index is 12.3. The second-order valence-corrected chi connectivity index (χ2v) is 10.5. The van der Waals surface area contributed by atoms with Crippen LogP contribution in [0.5, 0.6) is 0 Å². The second-order valence-electron chi connectivity index (χ2n) is 6.42. The highest BCUT2D eigenvalue weighted by Crippen LogP contribution is 2.23. The molecule has 1 N–H and O–H groups in total. The van der Waals surface area contributed by atoms with Gasteiger partial charge >= 0.3 is 6.09 Å². The van der Waals surface area contributed by atoms with Crippen molar-refractivity contribution in [2.24, 2.45) is 5.92 Å². The smallest absolute Gasteiger partial charge is 0.407 e. The van der Waals surface area contributed by atoms with E-state index in [-0.39, 0.29) is 15.5 Å². The molecule has 1 aromatic rings. The van der Waals surface area contributed by atoms with Crippen molar-refractivity contribution < 1.29 is 26.7 Å². The third kappa shape index (κ3) is 5.43. The Hall–Kier alpha value is -1.61. The summed E-state index contributed by atoms with van der Waals surface area (Å²) in [6, 6.07) is 5.28. The average Bonchev–Trinajstić information content (AvgIpc) is 2.54. The summed E-state index contributed by atoms with van der Waals surface area (Å²) < 4.78 is 47.5. The number of nitrogens with zero attached hydrogens (tertiary/aromatic N) is 1. The highest BCUT2D eigenvalue weighted by Gasteiger charge is 2.23. The fourth-order valence-electron chi connectivity index (χ4n) is 2.99. The van der Waals surface area contributed by atoms with Gasteiger partial charge in [0.15, 0.2) is 19.7 Å². The van der Waals surface area contributed by atoms with E-state index in [2.05, 4.69) is 0 Å². The first-order valence-electron chi connectivity index (χ1n) is 8.10. The summed E-state index contributed by atoms with van der Waals surface area (Å²) in [5.41, 5.74) is 0. The zero-order valence-electron chi connectivity index (χ0n) is 14.1. The maximum Gasteiger partial charge on any atom is 0.407 e. The molecule has 0 unspecified atom stereocenters. The molecule has 1 aliphatic rings. The van der Waals surface area contributed by atoms with Gasteiger partial charge in [-0.3, -0.25) is 0 Å². The Balaban J connectivity index is 1.87. The lowest BCUT2D eigenvalue weighted by atomic mass is 9.93. The number of likely N-dealkylation sites (tertiary alicyclic amines) is 1. The van der Waals surface area contributed by atoms with Gasteiger partial charge in [-0.2, -0.15) is 0 Å². The van der Waals surface area contributed by atoms with Crippen molar-refractivity contribution in [1.82, 2.24) is 4.90 Å². The molecule has 140 valence electrons. The second kappa shape index (κ2) is 7.74. The summed E-state index contributed by atoms with van der Waals surface area (Å²) in [5.74, 6) is 0.350. The van der Waals surface area contributed by atoms with Crippen molar-refractivity contribution in [3.05, 3.63) is 24.3 Å². The van der Waals surface area contributed by atoms with E-state index in [0.29, 0.717) is 25.4 Å². The molecular weight excluding hydrogens is 366 g/mol. The van der Waals surface area contributed by atoms with Crippen molar-refractivity contribution in [2.45, 2.75) is 35.5 Å². The van der Waals surface area contributed by atoms with Crippen molar-refractivity contribution >= 4 is 25.8 Å². The van der Waals surface area contributed by atoms with E-state index in [4.69, 9.17) is 5.11 Å². The Morgan fingerprint density at radius 3 is 2.08 bits per heavy atom. The number of rotatable bonds is 6.